The van der Waals surface area contributed by atoms with Gasteiger partial charge in [-0.25, -0.2) is 0 Å². The van der Waals surface area contributed by atoms with Gasteiger partial charge in [-0.15, -0.1) is 0 Å². The predicted molar refractivity (Wildman–Crippen MR) is 99.5 cm³/mol. The molecule has 0 radical (unpaired) electrons. The van der Waals surface area contributed by atoms with Crippen molar-refractivity contribution in [2.75, 3.05) is 25.0 Å². The van der Waals surface area contributed by atoms with E-state index in [1.807, 2.05) is 18.2 Å². The first-order chi connectivity index (χ1) is 12.1. The van der Waals surface area contributed by atoms with E-state index in [0.29, 0.717) is 5.56 Å². The summed E-state index contributed by atoms with van der Waals surface area (Å²) in [5.74, 6) is -0.417. The predicted octanol–water partition coefficient (Wildman–Crippen LogP) is 2.49. The third-order valence-corrected chi connectivity index (χ3v) is 4.53. The number of amides is 1. The van der Waals surface area contributed by atoms with Crippen LogP contribution in [0.1, 0.15) is 22.8 Å². The van der Waals surface area contributed by atoms with E-state index in [0.717, 1.165) is 31.9 Å². The van der Waals surface area contributed by atoms with E-state index in [4.69, 9.17) is 10.5 Å². The average Bonchev–Trinajstić information content (AvgIpc) is 2.63. The summed E-state index contributed by atoms with van der Waals surface area (Å²) >= 11 is 0. The molecular formula is C20H25N3O2. The molecule has 2 atom stereocenters. The largest absolute Gasteiger partial charge is 0.380 e. The number of benzene rings is 2. The molecule has 0 saturated carbocycles. The van der Waals surface area contributed by atoms with E-state index in [9.17, 15) is 4.79 Å². The van der Waals surface area contributed by atoms with Crippen LogP contribution in [-0.4, -0.2) is 42.6 Å². The number of primary amides is 1. The van der Waals surface area contributed by atoms with E-state index in [1.54, 1.807) is 12.1 Å². The molecule has 1 saturated heterocycles. The second-order valence-electron chi connectivity index (χ2n) is 6.51. The summed E-state index contributed by atoms with van der Waals surface area (Å²) in [5.41, 5.74) is 8.06. The smallest absolute Gasteiger partial charge is 0.248 e. The minimum atomic E-state index is -0.417. The highest BCUT2D eigenvalue weighted by Gasteiger charge is 2.25. The summed E-state index contributed by atoms with van der Waals surface area (Å²) in [6, 6.07) is 17.9. The van der Waals surface area contributed by atoms with Gasteiger partial charge in [-0.05, 0) is 30.7 Å². The molecule has 0 bridgehead atoms. The van der Waals surface area contributed by atoms with E-state index < -0.39 is 5.91 Å². The molecule has 2 aromatic carbocycles. The van der Waals surface area contributed by atoms with E-state index in [-0.39, 0.29) is 12.1 Å². The molecule has 0 spiro atoms. The fraction of sp³-hybridized carbons (Fsp3) is 0.350. The van der Waals surface area contributed by atoms with Crippen molar-refractivity contribution in [3.05, 3.63) is 65.7 Å². The van der Waals surface area contributed by atoms with Crippen LogP contribution in [0.4, 0.5) is 5.69 Å². The van der Waals surface area contributed by atoms with Crippen LogP contribution < -0.4 is 11.1 Å². The molecule has 5 nitrogen and oxygen atoms in total. The Morgan fingerprint density at radius 1 is 1.28 bits per heavy atom. The minimum absolute atomic E-state index is 0.0923. The molecule has 1 amide bonds. The van der Waals surface area contributed by atoms with Gasteiger partial charge in [-0.1, -0.05) is 36.4 Å². The molecule has 5 heteroatoms. The third-order valence-electron chi connectivity index (χ3n) is 4.53. The molecule has 0 unspecified atom stereocenters. The number of nitrogens with two attached hydrogens (primary N) is 1. The van der Waals surface area contributed by atoms with Gasteiger partial charge in [0.1, 0.15) is 0 Å². The summed E-state index contributed by atoms with van der Waals surface area (Å²) in [4.78, 5) is 13.7. The van der Waals surface area contributed by atoms with Gasteiger partial charge in [-0.2, -0.15) is 0 Å². The lowest BCUT2D eigenvalue weighted by Gasteiger charge is -2.36. The van der Waals surface area contributed by atoms with Crippen molar-refractivity contribution in [3.63, 3.8) is 0 Å². The minimum Gasteiger partial charge on any atom is -0.380 e. The molecule has 1 heterocycles. The van der Waals surface area contributed by atoms with Gasteiger partial charge in [0, 0.05) is 30.9 Å². The van der Waals surface area contributed by atoms with Crippen molar-refractivity contribution in [2.45, 2.75) is 25.6 Å². The highest BCUT2D eigenvalue weighted by molar-refractivity contribution is 5.93. The maximum atomic E-state index is 11.3. The summed E-state index contributed by atoms with van der Waals surface area (Å²) in [5, 5.41) is 3.43. The van der Waals surface area contributed by atoms with Crippen molar-refractivity contribution >= 4 is 11.6 Å². The maximum Gasteiger partial charge on any atom is 0.248 e. The van der Waals surface area contributed by atoms with Crippen LogP contribution in [0.5, 0.6) is 0 Å². The zero-order chi connectivity index (χ0) is 17.6. The summed E-state index contributed by atoms with van der Waals surface area (Å²) in [6.45, 7) is 5.58. The number of carbonyl (C=O) groups is 1. The average molecular weight is 339 g/mol. The van der Waals surface area contributed by atoms with Gasteiger partial charge in [0.05, 0.1) is 18.8 Å². The Hall–Kier alpha value is -2.37. The van der Waals surface area contributed by atoms with Crippen LogP contribution in [0.3, 0.4) is 0 Å². The second kappa shape index (κ2) is 8.14. The number of nitrogens with one attached hydrogen (secondary N) is 1. The van der Waals surface area contributed by atoms with Gasteiger partial charge in [0.25, 0.3) is 0 Å². The highest BCUT2D eigenvalue weighted by Crippen LogP contribution is 2.17. The number of hydrogen-bond acceptors (Lipinski definition) is 4. The number of morpholine rings is 1. The fourth-order valence-corrected chi connectivity index (χ4v) is 3.14. The number of nitrogens with zero attached hydrogens (tertiary/aromatic N) is 1. The standard InChI is InChI=1S/C20H25N3O2/c1-15(22-18-9-5-8-17(12-18)20(21)24)19-14-23(10-11-25-19)13-16-6-3-2-4-7-16/h2-9,12,15,19,22H,10-11,13-14H2,1H3,(H2,21,24)/t15-,19+/m0/s1. The first-order valence-electron chi connectivity index (χ1n) is 8.66. The Morgan fingerprint density at radius 3 is 2.84 bits per heavy atom. The monoisotopic (exact) mass is 339 g/mol. The number of ether oxygens (including phenoxy) is 1. The summed E-state index contributed by atoms with van der Waals surface area (Å²) in [6.07, 6.45) is 0.0923. The highest BCUT2D eigenvalue weighted by atomic mass is 16.5. The summed E-state index contributed by atoms with van der Waals surface area (Å²) in [7, 11) is 0. The van der Waals surface area contributed by atoms with Crippen molar-refractivity contribution in [3.8, 4) is 0 Å². The van der Waals surface area contributed by atoms with Crippen molar-refractivity contribution in [2.24, 2.45) is 5.73 Å². The molecule has 1 fully saturated rings. The lowest BCUT2D eigenvalue weighted by Crippen LogP contribution is -2.48. The molecule has 3 N–H and O–H groups in total. The van der Waals surface area contributed by atoms with Gasteiger partial charge in [-0.3, -0.25) is 9.69 Å². The van der Waals surface area contributed by atoms with Crippen molar-refractivity contribution < 1.29 is 9.53 Å². The first-order valence-corrected chi connectivity index (χ1v) is 8.66. The molecular weight excluding hydrogens is 314 g/mol. The molecule has 1 aliphatic rings. The van der Waals surface area contributed by atoms with Crippen LogP contribution in [-0.2, 0) is 11.3 Å². The molecule has 0 aromatic heterocycles. The van der Waals surface area contributed by atoms with Crippen LogP contribution in [0.25, 0.3) is 0 Å². The van der Waals surface area contributed by atoms with Crippen LogP contribution >= 0.6 is 0 Å². The lowest BCUT2D eigenvalue weighted by atomic mass is 10.1. The van der Waals surface area contributed by atoms with E-state index in [1.165, 1.54) is 5.56 Å². The topological polar surface area (TPSA) is 67.6 Å². The molecule has 2 aromatic rings. The van der Waals surface area contributed by atoms with Crippen molar-refractivity contribution in [1.29, 1.82) is 0 Å². The van der Waals surface area contributed by atoms with Crippen molar-refractivity contribution in [1.82, 2.24) is 4.90 Å². The molecule has 3 rings (SSSR count). The molecule has 1 aliphatic heterocycles. The maximum absolute atomic E-state index is 11.3. The van der Waals surface area contributed by atoms with Gasteiger partial charge < -0.3 is 15.8 Å². The Morgan fingerprint density at radius 2 is 2.08 bits per heavy atom. The fourth-order valence-electron chi connectivity index (χ4n) is 3.14. The first kappa shape index (κ1) is 17.5. The molecule has 0 aliphatic carbocycles. The normalized spacial score (nSPS) is 19.3. The summed E-state index contributed by atoms with van der Waals surface area (Å²) < 4.78 is 5.96. The Labute approximate surface area is 148 Å². The Balaban J connectivity index is 1.59. The lowest BCUT2D eigenvalue weighted by molar-refractivity contribution is -0.0373. The van der Waals surface area contributed by atoms with Crippen LogP contribution in [0, 0.1) is 0 Å². The zero-order valence-corrected chi connectivity index (χ0v) is 14.5. The zero-order valence-electron chi connectivity index (χ0n) is 14.5. The van der Waals surface area contributed by atoms with Gasteiger partial charge in [0.15, 0.2) is 0 Å². The SMILES string of the molecule is C[C@H](Nc1cccc(C(N)=O)c1)[C@H]1CN(Cc2ccccc2)CCO1. The Bertz CT molecular complexity index is 705. The van der Waals surface area contributed by atoms with Gasteiger partial charge in [0.2, 0.25) is 5.91 Å². The number of hydrogen-bond donors (Lipinski definition) is 2. The van der Waals surface area contributed by atoms with Crippen LogP contribution in [0.15, 0.2) is 54.6 Å². The quantitative estimate of drug-likeness (QED) is 0.848. The number of anilines is 1. The molecule has 25 heavy (non-hydrogen) atoms. The number of rotatable bonds is 6. The van der Waals surface area contributed by atoms with Crippen LogP contribution in [0.2, 0.25) is 0 Å². The Kier molecular flexibility index (Phi) is 5.68. The van der Waals surface area contributed by atoms with E-state index >= 15 is 0 Å². The van der Waals surface area contributed by atoms with E-state index in [2.05, 4.69) is 41.4 Å². The van der Waals surface area contributed by atoms with Gasteiger partial charge >= 0.3 is 0 Å². The number of carbonyl (C=O) groups excluding carboxylic acids is 1. The third kappa shape index (κ3) is 4.81. The molecule has 132 valence electrons. The second-order valence-corrected chi connectivity index (χ2v) is 6.51.